The molecule has 0 aliphatic carbocycles. The van der Waals surface area contributed by atoms with Crippen LogP contribution in [0.25, 0.3) is 11.3 Å². The van der Waals surface area contributed by atoms with Crippen LogP contribution in [0.2, 0.25) is 25.7 Å². The van der Waals surface area contributed by atoms with E-state index >= 15 is 0 Å². The molecular weight excluding hydrogens is 460 g/mol. The van der Waals surface area contributed by atoms with Crippen LogP contribution in [0, 0.1) is 0 Å². The second-order valence-electron chi connectivity index (χ2n) is 8.31. The maximum Gasteiger partial charge on any atom is 0.254 e. The molecule has 0 fully saturated rings. The summed E-state index contributed by atoms with van der Waals surface area (Å²) < 4.78 is 14.9. The van der Waals surface area contributed by atoms with Crippen LogP contribution in [0.3, 0.4) is 0 Å². The molecule has 0 saturated carbocycles. The number of para-hydroxylation sites is 1. The van der Waals surface area contributed by atoms with E-state index in [1.54, 1.807) is 6.07 Å². The fraction of sp³-hybridized carbons (Fsp3) is 0.261. The van der Waals surface area contributed by atoms with E-state index in [9.17, 15) is 4.79 Å². The Kier molecular flexibility index (Phi) is 7.17. The number of carbonyl (C=O) groups excluding carboxylic acids is 1. The highest BCUT2D eigenvalue weighted by atomic mass is 79.9. The van der Waals surface area contributed by atoms with E-state index in [0.29, 0.717) is 23.8 Å². The number of hydrogen-bond donors (Lipinski definition) is 1. The van der Waals surface area contributed by atoms with Crippen LogP contribution in [0.4, 0.5) is 0 Å². The van der Waals surface area contributed by atoms with Gasteiger partial charge in [0, 0.05) is 19.2 Å². The summed E-state index contributed by atoms with van der Waals surface area (Å²) in [7, 11) is -1.21. The SMILES string of the molecule is C[Si](C)(C)CCOCn1c(-c2cccc(Br)c2)cc(C(N)=O)c1Oc1ccccc1. The summed E-state index contributed by atoms with van der Waals surface area (Å²) in [6.45, 7) is 7.86. The third kappa shape index (κ3) is 5.84. The summed E-state index contributed by atoms with van der Waals surface area (Å²) in [5.41, 5.74) is 7.76. The van der Waals surface area contributed by atoms with Crippen LogP contribution in [-0.4, -0.2) is 25.2 Å². The number of rotatable bonds is 9. The van der Waals surface area contributed by atoms with Gasteiger partial charge in [0.05, 0.1) is 5.69 Å². The summed E-state index contributed by atoms with van der Waals surface area (Å²) in [6, 6.07) is 20.1. The molecule has 0 aliphatic rings. The Labute approximate surface area is 186 Å². The Morgan fingerprint density at radius 1 is 1.07 bits per heavy atom. The number of hydrogen-bond acceptors (Lipinski definition) is 3. The summed E-state index contributed by atoms with van der Waals surface area (Å²) in [5.74, 6) is 0.469. The molecule has 0 spiro atoms. The zero-order valence-corrected chi connectivity index (χ0v) is 20.1. The standard InChI is InChI=1S/C23H27BrN2O3Si/c1-30(2,3)13-12-28-16-26-21(17-8-7-9-18(24)14-17)15-20(22(25)27)23(26)29-19-10-5-4-6-11-19/h4-11,14-15H,12-13,16H2,1-3H3,(H2,25,27). The van der Waals surface area contributed by atoms with Crippen molar-refractivity contribution in [2.24, 2.45) is 5.73 Å². The first-order valence-electron chi connectivity index (χ1n) is 9.84. The summed E-state index contributed by atoms with van der Waals surface area (Å²) in [6.07, 6.45) is 0. The Morgan fingerprint density at radius 3 is 2.43 bits per heavy atom. The quantitative estimate of drug-likeness (QED) is 0.292. The van der Waals surface area contributed by atoms with E-state index in [2.05, 4.69) is 35.6 Å². The molecule has 2 N–H and O–H groups in total. The first-order chi connectivity index (χ1) is 14.2. The minimum absolute atomic E-state index is 0.266. The number of primary amides is 1. The molecule has 30 heavy (non-hydrogen) atoms. The van der Waals surface area contributed by atoms with Crippen molar-refractivity contribution in [1.29, 1.82) is 0 Å². The number of ether oxygens (including phenoxy) is 2. The average Bonchev–Trinajstić information content (AvgIpc) is 3.04. The van der Waals surface area contributed by atoms with E-state index in [4.69, 9.17) is 15.2 Å². The van der Waals surface area contributed by atoms with Crippen molar-refractivity contribution in [2.45, 2.75) is 32.4 Å². The molecule has 5 nitrogen and oxygen atoms in total. The number of carbonyl (C=O) groups is 1. The van der Waals surface area contributed by atoms with Crippen molar-refractivity contribution < 1.29 is 14.3 Å². The second kappa shape index (κ2) is 9.64. The van der Waals surface area contributed by atoms with Gasteiger partial charge in [-0.25, -0.2) is 0 Å². The number of nitrogens with two attached hydrogens (primary N) is 1. The fourth-order valence-electron chi connectivity index (χ4n) is 2.97. The Morgan fingerprint density at radius 2 is 1.80 bits per heavy atom. The van der Waals surface area contributed by atoms with Gasteiger partial charge in [-0.05, 0) is 41.9 Å². The first-order valence-corrected chi connectivity index (χ1v) is 14.3. The molecule has 1 amide bonds. The van der Waals surface area contributed by atoms with Gasteiger partial charge in [-0.3, -0.25) is 9.36 Å². The van der Waals surface area contributed by atoms with E-state index in [-0.39, 0.29) is 6.73 Å². The van der Waals surface area contributed by atoms with Crippen molar-refractivity contribution in [2.75, 3.05) is 6.61 Å². The Bertz CT molecular complexity index is 1010. The topological polar surface area (TPSA) is 66.5 Å². The molecule has 0 unspecified atom stereocenters. The van der Waals surface area contributed by atoms with Crippen molar-refractivity contribution in [3.8, 4) is 22.9 Å². The van der Waals surface area contributed by atoms with Gasteiger partial charge >= 0.3 is 0 Å². The van der Waals surface area contributed by atoms with E-state index in [1.165, 1.54) is 0 Å². The Hall–Kier alpha value is -2.35. The monoisotopic (exact) mass is 486 g/mol. The molecule has 1 aromatic heterocycles. The van der Waals surface area contributed by atoms with Gasteiger partial charge < -0.3 is 15.2 Å². The zero-order chi connectivity index (χ0) is 21.7. The van der Waals surface area contributed by atoms with Crippen LogP contribution >= 0.6 is 15.9 Å². The predicted octanol–water partition coefficient (Wildman–Crippen LogP) is 6.12. The van der Waals surface area contributed by atoms with Crippen LogP contribution < -0.4 is 10.5 Å². The normalized spacial score (nSPS) is 11.5. The van der Waals surface area contributed by atoms with Crippen molar-refractivity contribution in [1.82, 2.24) is 4.57 Å². The number of nitrogens with zero attached hydrogens (tertiary/aromatic N) is 1. The Balaban J connectivity index is 2.02. The van der Waals surface area contributed by atoms with Crippen molar-refractivity contribution in [3.63, 3.8) is 0 Å². The van der Waals surface area contributed by atoms with Gasteiger partial charge in [0.15, 0.2) is 0 Å². The minimum atomic E-state index is -1.21. The molecule has 0 saturated heterocycles. The van der Waals surface area contributed by atoms with Crippen LogP contribution in [0.1, 0.15) is 10.4 Å². The predicted molar refractivity (Wildman–Crippen MR) is 127 cm³/mol. The third-order valence-corrected chi connectivity index (χ3v) is 6.81. The highest BCUT2D eigenvalue weighted by molar-refractivity contribution is 9.10. The van der Waals surface area contributed by atoms with Crippen LogP contribution in [0.5, 0.6) is 11.6 Å². The first kappa shape index (κ1) is 22.3. The highest BCUT2D eigenvalue weighted by Crippen LogP contribution is 2.35. The van der Waals surface area contributed by atoms with E-state index < -0.39 is 14.0 Å². The lowest BCUT2D eigenvalue weighted by Crippen LogP contribution is -2.22. The molecule has 2 aromatic carbocycles. The molecule has 0 radical (unpaired) electrons. The fourth-order valence-corrected chi connectivity index (χ4v) is 4.12. The maximum absolute atomic E-state index is 12.2. The van der Waals surface area contributed by atoms with Crippen LogP contribution in [0.15, 0.2) is 65.1 Å². The molecule has 3 aromatic rings. The van der Waals surface area contributed by atoms with Gasteiger partial charge in [-0.15, -0.1) is 0 Å². The number of benzene rings is 2. The molecule has 3 rings (SSSR count). The van der Waals surface area contributed by atoms with Gasteiger partial charge in [0.1, 0.15) is 18.0 Å². The highest BCUT2D eigenvalue weighted by Gasteiger charge is 2.22. The lowest BCUT2D eigenvalue weighted by atomic mass is 10.1. The van der Waals surface area contributed by atoms with Gasteiger partial charge in [-0.2, -0.15) is 0 Å². The summed E-state index contributed by atoms with van der Waals surface area (Å²) in [5, 5.41) is 0. The van der Waals surface area contributed by atoms with Gasteiger partial charge in [-0.1, -0.05) is 65.9 Å². The van der Waals surface area contributed by atoms with Crippen molar-refractivity contribution >= 4 is 29.9 Å². The minimum Gasteiger partial charge on any atom is -0.440 e. The number of halogens is 1. The molecule has 1 heterocycles. The molecule has 0 bridgehead atoms. The molecule has 158 valence electrons. The van der Waals surface area contributed by atoms with Crippen LogP contribution in [-0.2, 0) is 11.5 Å². The zero-order valence-electron chi connectivity index (χ0n) is 17.5. The molecular formula is C23H27BrN2O3Si. The summed E-state index contributed by atoms with van der Waals surface area (Å²) in [4.78, 5) is 12.2. The number of aromatic nitrogens is 1. The smallest absolute Gasteiger partial charge is 0.254 e. The largest absolute Gasteiger partial charge is 0.440 e. The van der Waals surface area contributed by atoms with E-state index in [0.717, 1.165) is 21.8 Å². The average molecular weight is 487 g/mol. The maximum atomic E-state index is 12.2. The van der Waals surface area contributed by atoms with Crippen molar-refractivity contribution in [3.05, 3.63) is 70.7 Å². The molecule has 0 aliphatic heterocycles. The lowest BCUT2D eigenvalue weighted by Gasteiger charge is -2.18. The van der Waals surface area contributed by atoms with Gasteiger partial charge in [0.2, 0.25) is 5.88 Å². The van der Waals surface area contributed by atoms with Gasteiger partial charge in [0.25, 0.3) is 5.91 Å². The lowest BCUT2D eigenvalue weighted by molar-refractivity contribution is 0.0835. The molecule has 0 atom stereocenters. The number of amides is 1. The molecule has 7 heteroatoms. The van der Waals surface area contributed by atoms with E-state index in [1.807, 2.05) is 59.2 Å². The third-order valence-electron chi connectivity index (χ3n) is 4.61. The summed E-state index contributed by atoms with van der Waals surface area (Å²) >= 11 is 3.52. The second-order valence-corrected chi connectivity index (χ2v) is 14.9.